The van der Waals surface area contributed by atoms with Gasteiger partial charge >= 0.3 is 0 Å². The standard InChI is InChI=1S/C36H26N2O2.Zn/c39-32-23-9-7-19-28(32)35(26-13-3-1-4-14-26)37-30-21-11-17-25-18-12-22-31(34(25)30)38-36(27-15-5-2-6-16-27)29-20-8-10-24-33(29)40;/h1-24,39-40H;. The number of hydrogen-bond donors (Lipinski definition) is 2. The minimum atomic E-state index is 0. The van der Waals surface area contributed by atoms with Crippen LogP contribution in [0.5, 0.6) is 11.5 Å². The van der Waals surface area contributed by atoms with Gasteiger partial charge < -0.3 is 10.2 Å². The van der Waals surface area contributed by atoms with Gasteiger partial charge in [-0.15, -0.1) is 0 Å². The zero-order valence-corrected chi connectivity index (χ0v) is 25.3. The van der Waals surface area contributed by atoms with E-state index in [9.17, 15) is 10.2 Å². The van der Waals surface area contributed by atoms with Gasteiger partial charge in [0.25, 0.3) is 0 Å². The smallest absolute Gasteiger partial charge is 0.124 e. The Hall–Kier alpha value is -4.86. The number of nitrogens with zero attached hydrogens (tertiary/aromatic N) is 2. The quantitative estimate of drug-likeness (QED) is 0.152. The van der Waals surface area contributed by atoms with Crippen molar-refractivity contribution in [2.75, 3.05) is 0 Å². The third-order valence-corrected chi connectivity index (χ3v) is 6.74. The molecule has 0 aromatic heterocycles. The van der Waals surface area contributed by atoms with Crippen LogP contribution in [0.3, 0.4) is 0 Å². The molecule has 0 saturated heterocycles. The van der Waals surface area contributed by atoms with E-state index in [0.29, 0.717) is 22.6 Å². The van der Waals surface area contributed by atoms with Gasteiger partial charge in [0.15, 0.2) is 0 Å². The molecule has 0 fully saturated rings. The molecule has 0 unspecified atom stereocenters. The SMILES string of the molecule is Oc1ccccc1C(=Nc1cccc2cccc(N=C(c3ccccc3)c3ccccc3O)c12)c1ccccc1.[Zn]. The first-order chi connectivity index (χ1) is 19.7. The van der Waals surface area contributed by atoms with Gasteiger partial charge in [0.05, 0.1) is 22.8 Å². The Kier molecular flexibility index (Phi) is 8.48. The fraction of sp³-hybridized carbons (Fsp3) is 0. The van der Waals surface area contributed by atoms with Crippen LogP contribution in [0.4, 0.5) is 11.4 Å². The monoisotopic (exact) mass is 582 g/mol. The zero-order chi connectivity index (χ0) is 27.3. The van der Waals surface area contributed by atoms with E-state index in [0.717, 1.165) is 33.3 Å². The molecular formula is C36H26N2O2Zn. The molecule has 0 radical (unpaired) electrons. The van der Waals surface area contributed by atoms with E-state index in [4.69, 9.17) is 9.98 Å². The van der Waals surface area contributed by atoms with Gasteiger partial charge in [-0.3, -0.25) is 0 Å². The Bertz CT molecular complexity index is 1730. The first kappa shape index (κ1) is 27.7. The number of para-hydroxylation sites is 2. The van der Waals surface area contributed by atoms with Gasteiger partial charge in [0.1, 0.15) is 11.5 Å². The first-order valence-corrected chi connectivity index (χ1v) is 13.1. The molecule has 6 aromatic carbocycles. The van der Waals surface area contributed by atoms with E-state index in [1.807, 2.05) is 121 Å². The predicted molar refractivity (Wildman–Crippen MR) is 164 cm³/mol. The molecule has 6 rings (SSSR count). The number of phenols is 2. The van der Waals surface area contributed by atoms with E-state index < -0.39 is 0 Å². The van der Waals surface area contributed by atoms with E-state index >= 15 is 0 Å². The van der Waals surface area contributed by atoms with Crippen LogP contribution in [0.1, 0.15) is 22.3 Å². The number of phenolic OH excluding ortho intramolecular Hbond substituents is 2. The molecule has 0 saturated carbocycles. The summed E-state index contributed by atoms with van der Waals surface area (Å²) in [6, 6.07) is 46.1. The van der Waals surface area contributed by atoms with Crippen molar-refractivity contribution < 1.29 is 29.7 Å². The summed E-state index contributed by atoms with van der Waals surface area (Å²) in [6.45, 7) is 0. The summed E-state index contributed by atoms with van der Waals surface area (Å²) in [7, 11) is 0. The molecule has 41 heavy (non-hydrogen) atoms. The molecule has 0 aliphatic carbocycles. The Labute approximate surface area is 251 Å². The normalized spacial score (nSPS) is 11.7. The third-order valence-electron chi connectivity index (χ3n) is 6.74. The molecule has 5 heteroatoms. The average Bonchev–Trinajstić information content (AvgIpc) is 3.00. The molecule has 4 nitrogen and oxygen atoms in total. The summed E-state index contributed by atoms with van der Waals surface area (Å²) in [6.07, 6.45) is 0. The topological polar surface area (TPSA) is 65.2 Å². The second kappa shape index (κ2) is 12.5. The van der Waals surface area contributed by atoms with Crippen molar-refractivity contribution in [2.24, 2.45) is 9.98 Å². The Morgan fingerprint density at radius 3 is 1.22 bits per heavy atom. The van der Waals surface area contributed by atoms with Crippen molar-refractivity contribution in [3.05, 3.63) is 168 Å². The van der Waals surface area contributed by atoms with Crippen LogP contribution in [0.2, 0.25) is 0 Å². The Balaban J connectivity index is 0.00000337. The number of fused-ring (bicyclic) bond motifs is 1. The summed E-state index contributed by atoms with van der Waals surface area (Å²) in [5, 5.41) is 23.4. The maximum absolute atomic E-state index is 10.8. The summed E-state index contributed by atoms with van der Waals surface area (Å²) >= 11 is 0. The molecular weight excluding hydrogens is 558 g/mol. The molecule has 194 valence electrons. The van der Waals surface area contributed by atoms with Crippen molar-refractivity contribution >= 4 is 33.6 Å². The largest absolute Gasteiger partial charge is 0.507 e. The van der Waals surface area contributed by atoms with Gasteiger partial charge in [-0.05, 0) is 41.8 Å². The molecule has 0 aliphatic heterocycles. The summed E-state index contributed by atoms with van der Waals surface area (Å²) in [5.41, 5.74) is 5.84. The van der Waals surface area contributed by atoms with E-state index in [2.05, 4.69) is 0 Å². The van der Waals surface area contributed by atoms with E-state index in [1.165, 1.54) is 0 Å². The van der Waals surface area contributed by atoms with Crippen molar-refractivity contribution in [2.45, 2.75) is 0 Å². The Morgan fingerprint density at radius 2 is 0.805 bits per heavy atom. The minimum absolute atomic E-state index is 0. The van der Waals surface area contributed by atoms with Gasteiger partial charge in [0, 0.05) is 47.1 Å². The molecule has 0 bridgehead atoms. The van der Waals surface area contributed by atoms with Crippen molar-refractivity contribution in [3.63, 3.8) is 0 Å². The van der Waals surface area contributed by atoms with Gasteiger partial charge in [-0.2, -0.15) is 0 Å². The van der Waals surface area contributed by atoms with Crippen molar-refractivity contribution in [1.82, 2.24) is 0 Å². The maximum Gasteiger partial charge on any atom is 0.124 e. The number of aromatic hydroxyl groups is 2. The fourth-order valence-electron chi connectivity index (χ4n) is 4.83. The molecule has 0 atom stereocenters. The number of aliphatic imine (C=N–C) groups is 2. The fourth-order valence-corrected chi connectivity index (χ4v) is 4.83. The van der Waals surface area contributed by atoms with Crippen molar-refractivity contribution in [1.29, 1.82) is 0 Å². The second-order valence-corrected chi connectivity index (χ2v) is 9.34. The minimum Gasteiger partial charge on any atom is -0.507 e. The van der Waals surface area contributed by atoms with Gasteiger partial charge in [-0.25, -0.2) is 9.98 Å². The van der Waals surface area contributed by atoms with Crippen LogP contribution in [0.15, 0.2) is 156 Å². The van der Waals surface area contributed by atoms with Crippen LogP contribution in [-0.2, 0) is 19.5 Å². The average molecular weight is 584 g/mol. The van der Waals surface area contributed by atoms with Crippen LogP contribution in [-0.4, -0.2) is 21.6 Å². The van der Waals surface area contributed by atoms with E-state index in [1.54, 1.807) is 24.3 Å². The zero-order valence-electron chi connectivity index (χ0n) is 22.4. The number of rotatable bonds is 6. The van der Waals surface area contributed by atoms with Crippen LogP contribution < -0.4 is 0 Å². The maximum atomic E-state index is 10.8. The number of hydrogen-bond acceptors (Lipinski definition) is 4. The predicted octanol–water partition coefficient (Wildman–Crippen LogP) is 8.59. The Morgan fingerprint density at radius 1 is 0.415 bits per heavy atom. The molecule has 2 N–H and O–H groups in total. The second-order valence-electron chi connectivity index (χ2n) is 9.34. The van der Waals surface area contributed by atoms with E-state index in [-0.39, 0.29) is 31.0 Å². The van der Waals surface area contributed by atoms with Gasteiger partial charge in [0.2, 0.25) is 0 Å². The first-order valence-electron chi connectivity index (χ1n) is 13.1. The van der Waals surface area contributed by atoms with Crippen LogP contribution in [0.25, 0.3) is 10.8 Å². The molecule has 0 heterocycles. The van der Waals surface area contributed by atoms with Crippen molar-refractivity contribution in [3.8, 4) is 11.5 Å². The van der Waals surface area contributed by atoms with Crippen LogP contribution in [0, 0.1) is 0 Å². The molecule has 0 spiro atoms. The van der Waals surface area contributed by atoms with Gasteiger partial charge in [-0.1, -0.05) is 109 Å². The molecule has 0 amide bonds. The van der Waals surface area contributed by atoms with Crippen LogP contribution >= 0.6 is 0 Å². The molecule has 6 aromatic rings. The number of benzene rings is 6. The summed E-state index contributed by atoms with van der Waals surface area (Å²) in [5.74, 6) is 0.323. The molecule has 0 aliphatic rings. The summed E-state index contributed by atoms with van der Waals surface area (Å²) in [4.78, 5) is 10.3. The third kappa shape index (κ3) is 5.86. The summed E-state index contributed by atoms with van der Waals surface area (Å²) < 4.78 is 0.